The largest absolute Gasteiger partial charge is 0.466 e. The quantitative estimate of drug-likeness (QED) is 0.0245. The van der Waals surface area contributed by atoms with E-state index in [1.165, 1.54) is 193 Å². The average Bonchev–Trinajstić information content (AvgIpc) is 3.29. The molecule has 3 N–H and O–H groups in total. The highest BCUT2D eigenvalue weighted by Crippen LogP contribution is 2.16. The van der Waals surface area contributed by atoms with Crippen molar-refractivity contribution < 1.29 is 24.5 Å². The maximum atomic E-state index is 12.4. The number of hydrogen-bond donors (Lipinski definition) is 3. The Morgan fingerprint density at radius 1 is 0.438 bits per heavy atom. The molecular weight excluding hydrogens is 791 g/mol. The SMILES string of the molecule is CCCCCCCCCCCCCCCC/C=C/C(O)C(CO)NC(=O)CCCCCCCC/C=C\C=C/CCCCCOC(=O)CCCCCCCCCCCCCCCCCC. The second-order valence-corrected chi connectivity index (χ2v) is 19.3. The second-order valence-electron chi connectivity index (χ2n) is 19.3. The first-order valence-electron chi connectivity index (χ1n) is 28.3. The van der Waals surface area contributed by atoms with Crippen LogP contribution in [0.2, 0.25) is 0 Å². The molecule has 1 amide bonds. The molecule has 0 radical (unpaired) electrons. The molecule has 376 valence electrons. The lowest BCUT2D eigenvalue weighted by molar-refractivity contribution is -0.143. The number of esters is 1. The van der Waals surface area contributed by atoms with Crippen LogP contribution in [0.4, 0.5) is 0 Å². The van der Waals surface area contributed by atoms with E-state index in [1.54, 1.807) is 6.08 Å². The highest BCUT2D eigenvalue weighted by molar-refractivity contribution is 5.76. The van der Waals surface area contributed by atoms with Crippen LogP contribution in [0.15, 0.2) is 36.5 Å². The van der Waals surface area contributed by atoms with Crippen LogP contribution in [0.3, 0.4) is 0 Å². The summed E-state index contributed by atoms with van der Waals surface area (Å²) in [5.74, 6) is -0.109. The second kappa shape index (κ2) is 53.7. The first-order valence-corrected chi connectivity index (χ1v) is 28.3. The monoisotopic (exact) mass is 900 g/mol. The van der Waals surface area contributed by atoms with E-state index in [2.05, 4.69) is 43.5 Å². The minimum atomic E-state index is -0.859. The third-order valence-corrected chi connectivity index (χ3v) is 12.9. The number of amides is 1. The van der Waals surface area contributed by atoms with E-state index >= 15 is 0 Å². The number of carbonyl (C=O) groups is 2. The van der Waals surface area contributed by atoms with E-state index in [4.69, 9.17) is 4.74 Å². The summed E-state index contributed by atoms with van der Waals surface area (Å²) in [5.41, 5.74) is 0. The van der Waals surface area contributed by atoms with Crippen molar-refractivity contribution in [1.29, 1.82) is 0 Å². The van der Waals surface area contributed by atoms with Crippen molar-refractivity contribution in [2.75, 3.05) is 13.2 Å². The highest BCUT2D eigenvalue weighted by atomic mass is 16.5. The van der Waals surface area contributed by atoms with Crippen molar-refractivity contribution in [3.63, 3.8) is 0 Å². The molecule has 64 heavy (non-hydrogen) atoms. The van der Waals surface area contributed by atoms with Gasteiger partial charge in [0.1, 0.15) is 0 Å². The summed E-state index contributed by atoms with van der Waals surface area (Å²) in [6.45, 7) is 4.86. The van der Waals surface area contributed by atoms with Crippen molar-refractivity contribution in [3.05, 3.63) is 36.5 Å². The topological polar surface area (TPSA) is 95.9 Å². The van der Waals surface area contributed by atoms with Crippen molar-refractivity contribution in [3.8, 4) is 0 Å². The zero-order chi connectivity index (χ0) is 46.5. The summed E-state index contributed by atoms with van der Waals surface area (Å²) in [6.07, 6.45) is 65.9. The zero-order valence-corrected chi connectivity index (χ0v) is 42.8. The van der Waals surface area contributed by atoms with Gasteiger partial charge < -0.3 is 20.3 Å². The van der Waals surface area contributed by atoms with Crippen LogP contribution in [-0.4, -0.2) is 47.4 Å². The van der Waals surface area contributed by atoms with E-state index in [0.29, 0.717) is 19.4 Å². The molecule has 0 fully saturated rings. The van der Waals surface area contributed by atoms with Gasteiger partial charge in [-0.1, -0.05) is 256 Å². The highest BCUT2D eigenvalue weighted by Gasteiger charge is 2.18. The molecule has 0 bridgehead atoms. The van der Waals surface area contributed by atoms with Crippen LogP contribution in [0.5, 0.6) is 0 Å². The first kappa shape index (κ1) is 62.1. The van der Waals surface area contributed by atoms with Crippen LogP contribution in [0, 0.1) is 0 Å². The lowest BCUT2D eigenvalue weighted by Crippen LogP contribution is -2.45. The number of nitrogens with one attached hydrogen (secondary N) is 1. The minimum Gasteiger partial charge on any atom is -0.466 e. The maximum Gasteiger partial charge on any atom is 0.305 e. The van der Waals surface area contributed by atoms with Gasteiger partial charge in [-0.15, -0.1) is 0 Å². The fourth-order valence-corrected chi connectivity index (χ4v) is 8.57. The standard InChI is InChI=1S/C58H109NO5/c1-3-5-7-9-11-13-15-17-19-22-26-30-34-38-42-46-50-56(61)55(54-60)59-57(62)51-47-43-39-35-31-27-23-21-25-29-33-37-41-45-49-53-64-58(63)52-48-44-40-36-32-28-24-20-18-16-14-12-10-8-6-4-2/h21,25,29,33,46,50,55-56,60-61H,3-20,22-24,26-28,30-32,34-45,47-49,51-54H2,1-2H3,(H,59,62)/b25-21-,33-29-,50-46+. The predicted octanol–water partition coefficient (Wildman–Crippen LogP) is 17.2. The van der Waals surface area contributed by atoms with Crippen LogP contribution in [0.25, 0.3) is 0 Å². The third-order valence-electron chi connectivity index (χ3n) is 12.9. The number of unbranched alkanes of at least 4 members (excludes halogenated alkanes) is 38. The number of ether oxygens (including phenoxy) is 1. The Balaban J connectivity index is 3.54. The van der Waals surface area contributed by atoms with Gasteiger partial charge in [-0.2, -0.15) is 0 Å². The molecular formula is C58H109NO5. The summed E-state index contributed by atoms with van der Waals surface area (Å²) >= 11 is 0. The Bertz CT molecular complexity index is 1040. The Labute approximate surface area is 398 Å². The van der Waals surface area contributed by atoms with Gasteiger partial charge in [-0.3, -0.25) is 9.59 Å². The number of aliphatic hydroxyl groups is 2. The van der Waals surface area contributed by atoms with Crippen molar-refractivity contribution in [2.45, 2.75) is 309 Å². The Kier molecular flexibility index (Phi) is 52.1. The Hall–Kier alpha value is -1.92. The lowest BCUT2D eigenvalue weighted by atomic mass is 10.0. The minimum absolute atomic E-state index is 0.0196. The van der Waals surface area contributed by atoms with E-state index in [0.717, 1.165) is 77.0 Å². The first-order chi connectivity index (χ1) is 31.5. The fourth-order valence-electron chi connectivity index (χ4n) is 8.57. The molecule has 0 aromatic carbocycles. The van der Waals surface area contributed by atoms with Gasteiger partial charge in [-0.05, 0) is 64.2 Å². The summed E-state index contributed by atoms with van der Waals surface area (Å²) in [6, 6.07) is -0.644. The molecule has 0 rings (SSSR count). The Morgan fingerprint density at radius 3 is 1.16 bits per heavy atom. The normalized spacial score (nSPS) is 12.9. The smallest absolute Gasteiger partial charge is 0.305 e. The van der Waals surface area contributed by atoms with E-state index < -0.39 is 12.1 Å². The number of carbonyl (C=O) groups excluding carboxylic acids is 2. The van der Waals surface area contributed by atoms with Gasteiger partial charge in [0.25, 0.3) is 0 Å². The Morgan fingerprint density at radius 2 is 0.766 bits per heavy atom. The molecule has 0 heterocycles. The average molecular weight is 901 g/mol. The summed E-state index contributed by atoms with van der Waals surface area (Å²) in [7, 11) is 0. The zero-order valence-electron chi connectivity index (χ0n) is 42.8. The molecule has 6 heteroatoms. The molecule has 0 spiro atoms. The molecule has 0 aliphatic heterocycles. The molecule has 2 unspecified atom stereocenters. The third kappa shape index (κ3) is 49.5. The molecule has 0 aliphatic rings. The van der Waals surface area contributed by atoms with E-state index in [1.807, 2.05) is 6.08 Å². The van der Waals surface area contributed by atoms with Gasteiger partial charge in [-0.25, -0.2) is 0 Å². The number of hydrogen-bond acceptors (Lipinski definition) is 5. The van der Waals surface area contributed by atoms with Gasteiger partial charge >= 0.3 is 5.97 Å². The van der Waals surface area contributed by atoms with Gasteiger partial charge in [0, 0.05) is 12.8 Å². The van der Waals surface area contributed by atoms with E-state index in [-0.39, 0.29) is 18.5 Å². The van der Waals surface area contributed by atoms with Crippen molar-refractivity contribution in [1.82, 2.24) is 5.32 Å². The summed E-state index contributed by atoms with van der Waals surface area (Å²) in [4.78, 5) is 24.5. The molecule has 0 saturated heterocycles. The van der Waals surface area contributed by atoms with Gasteiger partial charge in [0.05, 0.1) is 25.4 Å². The molecule has 0 aliphatic carbocycles. The molecule has 0 saturated carbocycles. The predicted molar refractivity (Wildman–Crippen MR) is 278 cm³/mol. The van der Waals surface area contributed by atoms with Crippen LogP contribution in [0.1, 0.15) is 296 Å². The van der Waals surface area contributed by atoms with Crippen LogP contribution < -0.4 is 5.32 Å². The van der Waals surface area contributed by atoms with E-state index in [9.17, 15) is 19.8 Å². The van der Waals surface area contributed by atoms with Crippen LogP contribution >= 0.6 is 0 Å². The molecule has 0 aromatic heterocycles. The van der Waals surface area contributed by atoms with Crippen molar-refractivity contribution >= 4 is 11.9 Å². The van der Waals surface area contributed by atoms with Crippen LogP contribution in [-0.2, 0) is 14.3 Å². The molecule has 2 atom stereocenters. The fraction of sp³-hybridized carbons (Fsp3) is 0.862. The lowest BCUT2D eigenvalue weighted by Gasteiger charge is -2.20. The molecule has 0 aromatic rings. The van der Waals surface area contributed by atoms with Gasteiger partial charge in [0.15, 0.2) is 0 Å². The number of rotatable bonds is 52. The van der Waals surface area contributed by atoms with Gasteiger partial charge in [0.2, 0.25) is 5.91 Å². The molecule has 6 nitrogen and oxygen atoms in total. The maximum absolute atomic E-state index is 12.4. The summed E-state index contributed by atoms with van der Waals surface area (Å²) in [5, 5.41) is 23.1. The number of aliphatic hydroxyl groups excluding tert-OH is 2. The van der Waals surface area contributed by atoms with Crippen molar-refractivity contribution in [2.24, 2.45) is 0 Å². The number of allylic oxidation sites excluding steroid dienone is 5. The summed E-state index contributed by atoms with van der Waals surface area (Å²) < 4.78 is 5.45.